The Morgan fingerprint density at radius 2 is 1.84 bits per heavy atom. The zero-order valence-electron chi connectivity index (χ0n) is 22.1. The van der Waals surface area contributed by atoms with Crippen molar-refractivity contribution in [2.75, 3.05) is 45.8 Å². The third-order valence-corrected chi connectivity index (χ3v) is 7.85. The predicted molar refractivity (Wildman–Crippen MR) is 142 cm³/mol. The lowest BCUT2D eigenvalue weighted by Gasteiger charge is -2.31. The van der Waals surface area contributed by atoms with Crippen LogP contribution >= 0.6 is 0 Å². The molecule has 2 fully saturated rings. The molecule has 0 radical (unpaired) electrons. The number of carbonyl (C=O) groups is 2. The number of rotatable bonds is 7. The average Bonchev–Trinajstić information content (AvgIpc) is 3.27. The summed E-state index contributed by atoms with van der Waals surface area (Å²) in [7, 11) is 0. The topological polar surface area (TPSA) is 104 Å². The van der Waals surface area contributed by atoms with E-state index in [4.69, 9.17) is 0 Å². The second-order valence-electron chi connectivity index (χ2n) is 10.7. The second kappa shape index (κ2) is 11.5. The number of nitriles is 1. The van der Waals surface area contributed by atoms with Crippen LogP contribution in [-0.2, 0) is 19.5 Å². The SMILES string of the molecule is Cc1ccc2c(c1)CCN(C[C@@H](O)CN1CCN(Cc3ncc(C#N)cc3C(=O)N3CCCCC3)C1=O)C2. The summed E-state index contributed by atoms with van der Waals surface area (Å²) in [5.74, 6) is -0.124. The van der Waals surface area contributed by atoms with Gasteiger partial charge >= 0.3 is 6.03 Å². The van der Waals surface area contributed by atoms with Crippen molar-refractivity contribution in [3.8, 4) is 6.07 Å². The van der Waals surface area contributed by atoms with Gasteiger partial charge in [-0.25, -0.2) is 4.79 Å². The van der Waals surface area contributed by atoms with Crippen molar-refractivity contribution < 1.29 is 14.7 Å². The highest BCUT2D eigenvalue weighted by Crippen LogP contribution is 2.22. The molecule has 1 atom stereocenters. The Kier molecular flexibility index (Phi) is 7.91. The molecule has 1 N–H and O–H groups in total. The summed E-state index contributed by atoms with van der Waals surface area (Å²) in [6.45, 7) is 7.22. The number of β-amino-alcohol motifs (C(OH)–C–C–N with tert-alkyl or cyclic N) is 1. The highest BCUT2D eigenvalue weighted by molar-refractivity contribution is 5.95. The van der Waals surface area contributed by atoms with Crippen LogP contribution in [0.1, 0.15) is 57.6 Å². The molecule has 1 aromatic heterocycles. The fourth-order valence-corrected chi connectivity index (χ4v) is 5.77. The van der Waals surface area contributed by atoms with Gasteiger partial charge in [0.2, 0.25) is 0 Å². The Labute approximate surface area is 224 Å². The number of pyridine rings is 1. The molecule has 2 saturated heterocycles. The van der Waals surface area contributed by atoms with Crippen LogP contribution in [0.5, 0.6) is 0 Å². The summed E-state index contributed by atoms with van der Waals surface area (Å²) in [4.78, 5) is 38.3. The molecule has 9 nitrogen and oxygen atoms in total. The van der Waals surface area contributed by atoms with Gasteiger partial charge in [0.25, 0.3) is 5.91 Å². The van der Waals surface area contributed by atoms with E-state index in [-0.39, 0.29) is 25.0 Å². The van der Waals surface area contributed by atoms with Crippen molar-refractivity contribution in [2.45, 2.75) is 51.8 Å². The smallest absolute Gasteiger partial charge is 0.320 e. The number of aryl methyl sites for hydroxylation is 1. The molecule has 4 heterocycles. The van der Waals surface area contributed by atoms with Gasteiger partial charge < -0.3 is 19.8 Å². The number of urea groups is 1. The van der Waals surface area contributed by atoms with Crippen molar-refractivity contribution in [3.05, 3.63) is 64.0 Å². The highest BCUT2D eigenvalue weighted by Gasteiger charge is 2.32. The number of piperidine rings is 1. The molecule has 0 unspecified atom stereocenters. The number of aromatic nitrogens is 1. The molecule has 1 aromatic carbocycles. The van der Waals surface area contributed by atoms with Gasteiger partial charge in [-0.3, -0.25) is 14.7 Å². The number of aliphatic hydroxyl groups is 1. The zero-order chi connectivity index (χ0) is 26.6. The van der Waals surface area contributed by atoms with E-state index in [0.29, 0.717) is 49.5 Å². The van der Waals surface area contributed by atoms with Crippen molar-refractivity contribution >= 4 is 11.9 Å². The van der Waals surface area contributed by atoms with E-state index in [2.05, 4.69) is 41.1 Å². The second-order valence-corrected chi connectivity index (χ2v) is 10.7. The average molecular weight is 517 g/mol. The molecule has 3 amide bonds. The monoisotopic (exact) mass is 516 g/mol. The van der Waals surface area contributed by atoms with Gasteiger partial charge in [0.1, 0.15) is 6.07 Å². The lowest BCUT2D eigenvalue weighted by atomic mass is 9.97. The minimum atomic E-state index is -0.643. The van der Waals surface area contributed by atoms with E-state index in [0.717, 1.165) is 38.8 Å². The molecule has 9 heteroatoms. The summed E-state index contributed by atoms with van der Waals surface area (Å²) < 4.78 is 0. The maximum atomic E-state index is 13.3. The number of likely N-dealkylation sites (tertiary alicyclic amines) is 1. The molecule has 200 valence electrons. The van der Waals surface area contributed by atoms with E-state index in [9.17, 15) is 20.0 Å². The first-order valence-corrected chi connectivity index (χ1v) is 13.6. The van der Waals surface area contributed by atoms with E-state index in [1.54, 1.807) is 15.9 Å². The molecular formula is C29H36N6O3. The number of amides is 3. The predicted octanol–water partition coefficient (Wildman–Crippen LogP) is 2.54. The number of benzene rings is 1. The first-order chi connectivity index (χ1) is 18.4. The van der Waals surface area contributed by atoms with Gasteiger partial charge in [-0.2, -0.15) is 5.26 Å². The van der Waals surface area contributed by atoms with Gasteiger partial charge in [0.05, 0.1) is 29.5 Å². The van der Waals surface area contributed by atoms with Crippen LogP contribution < -0.4 is 0 Å². The third kappa shape index (κ3) is 5.82. The molecule has 2 aromatic rings. The largest absolute Gasteiger partial charge is 0.390 e. The lowest BCUT2D eigenvalue weighted by Crippen LogP contribution is -2.43. The summed E-state index contributed by atoms with van der Waals surface area (Å²) in [6, 6.07) is 10.1. The van der Waals surface area contributed by atoms with Crippen LogP contribution in [0.4, 0.5) is 4.79 Å². The van der Waals surface area contributed by atoms with Gasteiger partial charge in [0, 0.05) is 58.6 Å². The lowest BCUT2D eigenvalue weighted by molar-refractivity contribution is 0.0721. The van der Waals surface area contributed by atoms with Gasteiger partial charge in [-0.1, -0.05) is 23.8 Å². The van der Waals surface area contributed by atoms with Crippen LogP contribution in [0, 0.1) is 18.3 Å². The van der Waals surface area contributed by atoms with Crippen molar-refractivity contribution in [2.24, 2.45) is 0 Å². The maximum Gasteiger partial charge on any atom is 0.320 e. The summed E-state index contributed by atoms with van der Waals surface area (Å²) >= 11 is 0. The highest BCUT2D eigenvalue weighted by atomic mass is 16.3. The molecule has 3 aliphatic rings. The van der Waals surface area contributed by atoms with E-state index in [1.807, 2.05) is 4.90 Å². The number of carbonyl (C=O) groups excluding carboxylic acids is 2. The number of fused-ring (bicyclic) bond motifs is 1. The van der Waals surface area contributed by atoms with Crippen LogP contribution in [0.25, 0.3) is 0 Å². The Hall–Kier alpha value is -3.48. The van der Waals surface area contributed by atoms with E-state index < -0.39 is 6.10 Å². The van der Waals surface area contributed by atoms with Crippen LogP contribution in [0.3, 0.4) is 0 Å². The molecule has 3 aliphatic heterocycles. The van der Waals surface area contributed by atoms with Gasteiger partial charge in [-0.15, -0.1) is 0 Å². The molecule has 0 bridgehead atoms. The molecule has 0 aliphatic carbocycles. The van der Waals surface area contributed by atoms with Crippen LogP contribution in [-0.4, -0.2) is 93.5 Å². The Balaban J connectivity index is 1.19. The summed E-state index contributed by atoms with van der Waals surface area (Å²) in [5.41, 5.74) is 5.21. The van der Waals surface area contributed by atoms with Crippen LogP contribution in [0.15, 0.2) is 30.5 Å². The van der Waals surface area contributed by atoms with Gasteiger partial charge in [0.15, 0.2) is 0 Å². The molecule has 5 rings (SSSR count). The Morgan fingerprint density at radius 3 is 2.63 bits per heavy atom. The number of nitrogens with zero attached hydrogens (tertiary/aromatic N) is 6. The minimum Gasteiger partial charge on any atom is -0.390 e. The fraction of sp³-hybridized carbons (Fsp3) is 0.517. The standard InChI is InChI=1S/C29H36N6O3/c1-21-5-6-24-17-32(10-7-23(24)13-21)18-25(36)19-34-11-12-35(29(34)38)20-27-26(14-22(15-30)16-31-27)28(37)33-8-3-2-4-9-33/h5-6,13-14,16,25,36H,2-4,7-12,17-20H2,1H3/t25-/m1/s1. The maximum absolute atomic E-state index is 13.3. The van der Waals surface area contributed by atoms with E-state index >= 15 is 0 Å². The van der Waals surface area contributed by atoms with Crippen molar-refractivity contribution in [1.29, 1.82) is 5.26 Å². The molecule has 38 heavy (non-hydrogen) atoms. The van der Waals surface area contributed by atoms with Crippen molar-refractivity contribution in [1.82, 2.24) is 24.6 Å². The minimum absolute atomic E-state index is 0.124. The number of hydrogen-bond donors (Lipinski definition) is 1. The quantitative estimate of drug-likeness (QED) is 0.607. The Morgan fingerprint density at radius 1 is 1.05 bits per heavy atom. The zero-order valence-corrected chi connectivity index (χ0v) is 22.1. The molecule has 0 spiro atoms. The summed E-state index contributed by atoms with van der Waals surface area (Å²) in [5, 5.41) is 20.2. The van der Waals surface area contributed by atoms with Crippen LogP contribution in [0.2, 0.25) is 0 Å². The summed E-state index contributed by atoms with van der Waals surface area (Å²) in [6.07, 6.45) is 4.84. The normalized spacial score (nSPS) is 18.9. The fourth-order valence-electron chi connectivity index (χ4n) is 5.77. The third-order valence-electron chi connectivity index (χ3n) is 7.85. The van der Waals surface area contributed by atoms with E-state index in [1.165, 1.54) is 22.9 Å². The number of hydrogen-bond acceptors (Lipinski definition) is 6. The molecule has 0 saturated carbocycles. The molecular weight excluding hydrogens is 480 g/mol. The first-order valence-electron chi connectivity index (χ1n) is 13.6. The first kappa shape index (κ1) is 26.1. The number of aliphatic hydroxyl groups excluding tert-OH is 1. The van der Waals surface area contributed by atoms with Gasteiger partial charge in [-0.05, 0) is 49.8 Å². The Bertz CT molecular complexity index is 1240. The van der Waals surface area contributed by atoms with Crippen molar-refractivity contribution in [3.63, 3.8) is 0 Å².